The molecule has 1 aliphatic heterocycles. The van der Waals surface area contributed by atoms with Crippen LogP contribution in [0.1, 0.15) is 24.0 Å². The topological polar surface area (TPSA) is 68.4 Å². The molecule has 0 saturated carbocycles. The molecule has 3 aromatic rings. The molecule has 0 unspecified atom stereocenters. The van der Waals surface area contributed by atoms with Gasteiger partial charge >= 0.3 is 0 Å². The van der Waals surface area contributed by atoms with Gasteiger partial charge in [0, 0.05) is 17.5 Å². The Kier molecular flexibility index (Phi) is 5.01. The summed E-state index contributed by atoms with van der Waals surface area (Å²) < 4.78 is 5.29. The quantitative estimate of drug-likeness (QED) is 0.739. The summed E-state index contributed by atoms with van der Waals surface area (Å²) in [4.78, 5) is 19.0. The first kappa shape index (κ1) is 18.4. The maximum atomic E-state index is 11.8. The van der Waals surface area contributed by atoms with Crippen LogP contribution in [-0.4, -0.2) is 35.5 Å². The van der Waals surface area contributed by atoms with Crippen LogP contribution in [0.25, 0.3) is 22.2 Å². The first-order chi connectivity index (χ1) is 13.5. The van der Waals surface area contributed by atoms with E-state index in [1.54, 1.807) is 7.11 Å². The number of rotatable bonds is 5. The number of methoxy groups -OCH3 is 1. The van der Waals surface area contributed by atoms with Crippen LogP contribution in [0.5, 0.6) is 5.75 Å². The highest BCUT2D eigenvalue weighted by atomic mass is 16.5. The van der Waals surface area contributed by atoms with Gasteiger partial charge in [-0.05, 0) is 73.8 Å². The molecule has 2 N–H and O–H groups in total. The zero-order valence-corrected chi connectivity index (χ0v) is 16.3. The number of fused-ring (bicyclic) bond motifs is 1. The molecule has 1 aliphatic rings. The first-order valence-electron chi connectivity index (χ1n) is 9.63. The van der Waals surface area contributed by atoms with Crippen molar-refractivity contribution in [2.45, 2.75) is 32.4 Å². The number of nitrogens with zero attached hydrogens (tertiary/aromatic N) is 2. The summed E-state index contributed by atoms with van der Waals surface area (Å²) in [6.45, 7) is 3.61. The molecule has 0 radical (unpaired) electrons. The highest BCUT2D eigenvalue weighted by Gasteiger charge is 2.29. The number of carbonyl (C=O) groups excluding carboxylic acids is 1. The Morgan fingerprint density at radius 1 is 1.21 bits per heavy atom. The second-order valence-corrected chi connectivity index (χ2v) is 7.45. The third-order valence-electron chi connectivity index (χ3n) is 5.48. The van der Waals surface area contributed by atoms with Crippen molar-refractivity contribution in [2.24, 2.45) is 5.73 Å². The van der Waals surface area contributed by atoms with Crippen LogP contribution in [0.2, 0.25) is 0 Å². The van der Waals surface area contributed by atoms with Crippen molar-refractivity contribution in [1.29, 1.82) is 0 Å². The minimum absolute atomic E-state index is 0.197. The van der Waals surface area contributed by atoms with Crippen LogP contribution >= 0.6 is 0 Å². The minimum Gasteiger partial charge on any atom is -0.497 e. The van der Waals surface area contributed by atoms with Gasteiger partial charge in [0.25, 0.3) is 0 Å². The van der Waals surface area contributed by atoms with Crippen LogP contribution in [-0.2, 0) is 11.3 Å². The molecule has 1 fully saturated rings. The van der Waals surface area contributed by atoms with Gasteiger partial charge in [-0.25, -0.2) is 4.98 Å². The lowest BCUT2D eigenvalue weighted by Gasteiger charge is -2.23. The largest absolute Gasteiger partial charge is 0.497 e. The molecule has 5 nitrogen and oxygen atoms in total. The molecule has 1 atom stereocenters. The fraction of sp³-hybridized carbons (Fsp3) is 0.304. The first-order valence-corrected chi connectivity index (χ1v) is 9.63. The zero-order chi connectivity index (χ0) is 19.7. The van der Waals surface area contributed by atoms with Gasteiger partial charge in [-0.15, -0.1) is 0 Å². The molecular weight excluding hydrogens is 350 g/mol. The Bertz CT molecular complexity index is 1010. The molecule has 5 heteroatoms. The van der Waals surface area contributed by atoms with Gasteiger partial charge in [-0.2, -0.15) is 0 Å². The molecule has 0 spiro atoms. The van der Waals surface area contributed by atoms with E-state index in [0.29, 0.717) is 6.54 Å². The maximum Gasteiger partial charge on any atom is 0.234 e. The fourth-order valence-electron chi connectivity index (χ4n) is 4.00. The average molecular weight is 375 g/mol. The number of ether oxygens (including phenoxy) is 1. The predicted octanol–water partition coefficient (Wildman–Crippen LogP) is 3.67. The van der Waals surface area contributed by atoms with E-state index in [-0.39, 0.29) is 11.9 Å². The molecule has 1 amide bonds. The van der Waals surface area contributed by atoms with Crippen molar-refractivity contribution in [2.75, 3.05) is 13.7 Å². The number of primary amides is 1. The summed E-state index contributed by atoms with van der Waals surface area (Å²) in [6.07, 6.45) is 1.82. The minimum atomic E-state index is -0.243. The summed E-state index contributed by atoms with van der Waals surface area (Å²) in [5.41, 5.74) is 10.9. The number of hydrogen-bond donors (Lipinski definition) is 1. The van der Waals surface area contributed by atoms with Crippen molar-refractivity contribution in [1.82, 2.24) is 9.88 Å². The van der Waals surface area contributed by atoms with Crippen molar-refractivity contribution < 1.29 is 9.53 Å². The second kappa shape index (κ2) is 7.60. The fourth-order valence-corrected chi connectivity index (χ4v) is 4.00. The van der Waals surface area contributed by atoms with Crippen LogP contribution < -0.4 is 10.5 Å². The van der Waals surface area contributed by atoms with E-state index >= 15 is 0 Å². The molecule has 0 aliphatic carbocycles. The standard InChI is InChI=1S/C23H25N3O2/c1-15-5-6-17-13-18(14-26-11-3-4-21(26)23(24)27)22(25-20(17)12-15)16-7-9-19(28-2)10-8-16/h5-10,12-13,21H,3-4,11,14H2,1-2H3,(H2,24,27)/t21-/m1/s1. The van der Waals surface area contributed by atoms with Crippen LogP contribution in [0.15, 0.2) is 48.5 Å². The van der Waals surface area contributed by atoms with Gasteiger partial charge in [0.05, 0.1) is 24.4 Å². The van der Waals surface area contributed by atoms with E-state index < -0.39 is 0 Å². The number of aromatic nitrogens is 1. The van der Waals surface area contributed by atoms with E-state index in [2.05, 4.69) is 36.1 Å². The lowest BCUT2D eigenvalue weighted by atomic mass is 10.0. The van der Waals surface area contributed by atoms with Crippen molar-refractivity contribution in [3.8, 4) is 17.0 Å². The van der Waals surface area contributed by atoms with Gasteiger partial charge < -0.3 is 10.5 Å². The van der Waals surface area contributed by atoms with Crippen LogP contribution in [0.3, 0.4) is 0 Å². The summed E-state index contributed by atoms with van der Waals surface area (Å²) >= 11 is 0. The van der Waals surface area contributed by atoms with E-state index in [1.807, 2.05) is 24.3 Å². The summed E-state index contributed by atoms with van der Waals surface area (Å²) in [5.74, 6) is 0.572. The third kappa shape index (κ3) is 3.58. The Morgan fingerprint density at radius 3 is 2.71 bits per heavy atom. The number of pyridine rings is 1. The predicted molar refractivity (Wildman–Crippen MR) is 111 cm³/mol. The molecule has 0 bridgehead atoms. The number of aryl methyl sites for hydroxylation is 1. The Hall–Kier alpha value is -2.92. The molecule has 144 valence electrons. The van der Waals surface area contributed by atoms with E-state index in [4.69, 9.17) is 15.5 Å². The number of benzene rings is 2. The smallest absolute Gasteiger partial charge is 0.234 e. The lowest BCUT2D eigenvalue weighted by molar-refractivity contribution is -0.122. The van der Waals surface area contributed by atoms with E-state index in [9.17, 15) is 4.79 Å². The Morgan fingerprint density at radius 2 is 2.00 bits per heavy atom. The molecule has 2 heterocycles. The monoisotopic (exact) mass is 375 g/mol. The number of carbonyl (C=O) groups is 1. The third-order valence-corrected chi connectivity index (χ3v) is 5.48. The van der Waals surface area contributed by atoms with Crippen LogP contribution in [0.4, 0.5) is 0 Å². The average Bonchev–Trinajstić information content (AvgIpc) is 3.16. The van der Waals surface area contributed by atoms with Crippen molar-refractivity contribution >= 4 is 16.8 Å². The molecule has 4 rings (SSSR count). The van der Waals surface area contributed by atoms with Crippen molar-refractivity contribution in [3.63, 3.8) is 0 Å². The highest BCUT2D eigenvalue weighted by Crippen LogP contribution is 2.30. The molecule has 1 saturated heterocycles. The number of amides is 1. The van der Waals surface area contributed by atoms with Gasteiger partial charge in [-0.3, -0.25) is 9.69 Å². The normalized spacial score (nSPS) is 17.1. The van der Waals surface area contributed by atoms with Crippen LogP contribution in [0, 0.1) is 6.92 Å². The Labute approximate surface area is 165 Å². The molecule has 28 heavy (non-hydrogen) atoms. The summed E-state index contributed by atoms with van der Waals surface area (Å²) in [7, 11) is 1.66. The molecule has 1 aromatic heterocycles. The van der Waals surface area contributed by atoms with Crippen molar-refractivity contribution in [3.05, 3.63) is 59.7 Å². The van der Waals surface area contributed by atoms with Gasteiger partial charge in [0.1, 0.15) is 5.75 Å². The van der Waals surface area contributed by atoms with Gasteiger partial charge in [-0.1, -0.05) is 12.1 Å². The SMILES string of the molecule is COc1ccc(-c2nc3cc(C)ccc3cc2CN2CCC[C@@H]2C(N)=O)cc1. The molecular formula is C23H25N3O2. The van der Waals surface area contributed by atoms with E-state index in [1.165, 1.54) is 5.56 Å². The number of hydrogen-bond acceptors (Lipinski definition) is 4. The van der Waals surface area contributed by atoms with Gasteiger partial charge in [0.15, 0.2) is 0 Å². The lowest BCUT2D eigenvalue weighted by Crippen LogP contribution is -2.39. The highest BCUT2D eigenvalue weighted by molar-refractivity contribution is 5.84. The number of nitrogens with two attached hydrogens (primary N) is 1. The zero-order valence-electron chi connectivity index (χ0n) is 16.3. The second-order valence-electron chi connectivity index (χ2n) is 7.45. The summed E-state index contributed by atoms with van der Waals surface area (Å²) in [5, 5.41) is 1.10. The van der Waals surface area contributed by atoms with E-state index in [0.717, 1.165) is 52.9 Å². The number of likely N-dealkylation sites (tertiary alicyclic amines) is 1. The molecule has 2 aromatic carbocycles. The Balaban J connectivity index is 1.80. The van der Waals surface area contributed by atoms with Gasteiger partial charge in [0.2, 0.25) is 5.91 Å². The summed E-state index contributed by atoms with van der Waals surface area (Å²) in [6, 6.07) is 16.3. The maximum absolute atomic E-state index is 11.8.